The zero-order chi connectivity index (χ0) is 12.3. The normalized spacial score (nSPS) is 15.7. The Morgan fingerprint density at radius 2 is 1.81 bits per heavy atom. The molecule has 0 amide bonds. The average molecular weight is 243 g/mol. The van der Waals surface area contributed by atoms with Crippen LogP contribution in [0.5, 0.6) is 0 Å². The number of aliphatic hydroxyl groups excluding tert-OH is 1. The van der Waals surface area contributed by atoms with Gasteiger partial charge in [0.15, 0.2) is 9.84 Å². The molecule has 1 aromatic rings. The number of aliphatic hydroxyl groups is 1. The van der Waals surface area contributed by atoms with Crippen molar-refractivity contribution in [2.24, 2.45) is 0 Å². The molecule has 0 heterocycles. The van der Waals surface area contributed by atoms with Crippen molar-refractivity contribution < 1.29 is 13.5 Å². The Morgan fingerprint density at radius 3 is 2.25 bits per heavy atom. The van der Waals surface area contributed by atoms with Crippen LogP contribution >= 0.6 is 0 Å². The van der Waals surface area contributed by atoms with E-state index in [2.05, 4.69) is 0 Å². The van der Waals surface area contributed by atoms with E-state index in [1.54, 1.807) is 31.2 Å². The highest BCUT2D eigenvalue weighted by atomic mass is 32.2. The quantitative estimate of drug-likeness (QED) is 0.777. The summed E-state index contributed by atoms with van der Waals surface area (Å²) in [4.78, 5) is 0. The highest BCUT2D eigenvalue weighted by molar-refractivity contribution is 7.92. The summed E-state index contributed by atoms with van der Waals surface area (Å²) in [6.45, 7) is 3.08. The van der Waals surface area contributed by atoms with E-state index in [4.69, 9.17) is 5.73 Å². The van der Waals surface area contributed by atoms with Crippen molar-refractivity contribution in [1.82, 2.24) is 0 Å². The molecule has 0 aliphatic rings. The van der Waals surface area contributed by atoms with Crippen molar-refractivity contribution in [2.75, 3.05) is 11.5 Å². The molecule has 16 heavy (non-hydrogen) atoms. The van der Waals surface area contributed by atoms with Gasteiger partial charge in [-0.2, -0.15) is 0 Å². The molecule has 0 aliphatic carbocycles. The first-order valence-electron chi connectivity index (χ1n) is 5.13. The predicted molar refractivity (Wildman–Crippen MR) is 64.7 cm³/mol. The largest absolute Gasteiger partial charge is 0.399 e. The molecule has 0 bridgehead atoms. The number of nitrogens with two attached hydrogens (primary N) is 1. The van der Waals surface area contributed by atoms with Crippen LogP contribution in [0.3, 0.4) is 0 Å². The number of benzene rings is 1. The zero-order valence-corrected chi connectivity index (χ0v) is 10.2. The molecule has 5 heteroatoms. The van der Waals surface area contributed by atoms with E-state index in [0.29, 0.717) is 11.3 Å². The summed E-state index contributed by atoms with van der Waals surface area (Å²) in [5.74, 6) is 0.0280. The molecule has 0 saturated heterocycles. The highest BCUT2D eigenvalue weighted by Gasteiger charge is 2.27. The third kappa shape index (κ3) is 2.74. The Morgan fingerprint density at radius 1 is 1.31 bits per heavy atom. The van der Waals surface area contributed by atoms with E-state index in [-0.39, 0.29) is 5.75 Å². The fraction of sp³-hybridized carbons (Fsp3) is 0.455. The fourth-order valence-corrected chi connectivity index (χ4v) is 2.50. The van der Waals surface area contributed by atoms with Crippen LogP contribution in [-0.4, -0.2) is 24.5 Å². The number of anilines is 1. The van der Waals surface area contributed by atoms with Crippen molar-refractivity contribution in [3.8, 4) is 0 Å². The maximum Gasteiger partial charge on any atom is 0.155 e. The second kappa shape index (κ2) is 4.84. The molecular weight excluding hydrogens is 226 g/mol. The molecule has 4 nitrogen and oxygen atoms in total. The second-order valence-corrected chi connectivity index (χ2v) is 6.41. The van der Waals surface area contributed by atoms with Crippen LogP contribution in [-0.2, 0) is 9.84 Å². The summed E-state index contributed by atoms with van der Waals surface area (Å²) in [5.41, 5.74) is 6.67. The Bertz CT molecular complexity index is 439. The number of hydrogen-bond donors (Lipinski definition) is 2. The first-order chi connectivity index (χ1) is 7.38. The van der Waals surface area contributed by atoms with E-state index in [0.717, 1.165) is 0 Å². The van der Waals surface area contributed by atoms with Crippen LogP contribution in [0.1, 0.15) is 25.5 Å². The smallest absolute Gasteiger partial charge is 0.155 e. The molecule has 1 aromatic carbocycles. The second-order valence-electron chi connectivity index (χ2n) is 3.77. The first kappa shape index (κ1) is 13.0. The molecule has 1 rings (SSSR count). The Hall–Kier alpha value is -1.07. The third-order valence-electron chi connectivity index (χ3n) is 2.69. The molecule has 0 aliphatic heterocycles. The molecule has 2 atom stereocenters. The van der Waals surface area contributed by atoms with Crippen molar-refractivity contribution in [3.63, 3.8) is 0 Å². The lowest BCUT2D eigenvalue weighted by atomic mass is 10.1. The zero-order valence-electron chi connectivity index (χ0n) is 9.42. The van der Waals surface area contributed by atoms with Gasteiger partial charge in [0.1, 0.15) is 0 Å². The fourth-order valence-electron chi connectivity index (χ4n) is 1.42. The van der Waals surface area contributed by atoms with Gasteiger partial charge in [-0.15, -0.1) is 0 Å². The maximum atomic E-state index is 11.6. The van der Waals surface area contributed by atoms with Crippen LogP contribution in [0.15, 0.2) is 24.3 Å². The molecule has 0 saturated carbocycles. The van der Waals surface area contributed by atoms with Crippen molar-refractivity contribution in [2.45, 2.75) is 25.2 Å². The average Bonchev–Trinajstić information content (AvgIpc) is 2.28. The predicted octanol–water partition coefficient (Wildman–Crippen LogP) is 1.13. The van der Waals surface area contributed by atoms with Crippen LogP contribution in [0.25, 0.3) is 0 Å². The lowest BCUT2D eigenvalue weighted by Crippen LogP contribution is -2.26. The van der Waals surface area contributed by atoms with E-state index < -0.39 is 21.2 Å². The topological polar surface area (TPSA) is 80.4 Å². The van der Waals surface area contributed by atoms with Gasteiger partial charge >= 0.3 is 0 Å². The highest BCUT2D eigenvalue weighted by Crippen LogP contribution is 2.23. The number of sulfone groups is 1. The minimum absolute atomic E-state index is 0.0280. The van der Waals surface area contributed by atoms with Gasteiger partial charge in [-0.05, 0) is 24.6 Å². The third-order valence-corrected chi connectivity index (χ3v) is 4.89. The number of hydrogen-bond acceptors (Lipinski definition) is 4. The van der Waals surface area contributed by atoms with Crippen molar-refractivity contribution in [1.29, 1.82) is 0 Å². The lowest BCUT2D eigenvalue weighted by molar-refractivity contribution is 0.176. The summed E-state index contributed by atoms with van der Waals surface area (Å²) >= 11 is 0. The van der Waals surface area contributed by atoms with E-state index >= 15 is 0 Å². The first-order valence-corrected chi connectivity index (χ1v) is 6.85. The lowest BCUT2D eigenvalue weighted by Gasteiger charge is -2.18. The van der Waals surface area contributed by atoms with Gasteiger partial charge in [0.05, 0.1) is 11.4 Å². The molecular formula is C11H17NO3S. The Balaban J connectivity index is 2.94. The Labute approximate surface area is 96.0 Å². The van der Waals surface area contributed by atoms with Gasteiger partial charge in [-0.25, -0.2) is 8.42 Å². The summed E-state index contributed by atoms with van der Waals surface area (Å²) in [6, 6.07) is 6.57. The Kier molecular flexibility index (Phi) is 3.93. The van der Waals surface area contributed by atoms with Crippen LogP contribution in [0, 0.1) is 0 Å². The van der Waals surface area contributed by atoms with Gasteiger partial charge in [0.2, 0.25) is 0 Å². The van der Waals surface area contributed by atoms with Crippen molar-refractivity contribution in [3.05, 3.63) is 29.8 Å². The molecule has 3 N–H and O–H groups in total. The summed E-state index contributed by atoms with van der Waals surface area (Å²) in [7, 11) is -3.24. The van der Waals surface area contributed by atoms with Gasteiger partial charge in [-0.1, -0.05) is 19.1 Å². The molecule has 0 unspecified atom stereocenters. The van der Waals surface area contributed by atoms with Gasteiger partial charge < -0.3 is 10.8 Å². The van der Waals surface area contributed by atoms with Gasteiger partial charge in [0, 0.05) is 11.4 Å². The standard InChI is InChI=1S/C11H17NO3S/c1-3-16(14,15)8(2)11(13)9-4-6-10(12)7-5-9/h4-8,11,13H,3,12H2,1-2H3/t8-,11+/m1/s1. The molecule has 0 spiro atoms. The van der Waals surface area contributed by atoms with Crippen LogP contribution in [0.2, 0.25) is 0 Å². The van der Waals surface area contributed by atoms with Crippen LogP contribution in [0.4, 0.5) is 5.69 Å². The minimum Gasteiger partial charge on any atom is -0.399 e. The summed E-state index contributed by atoms with van der Waals surface area (Å²) in [5, 5.41) is 9.12. The maximum absolute atomic E-state index is 11.6. The number of rotatable bonds is 4. The van der Waals surface area contributed by atoms with Gasteiger partial charge in [-0.3, -0.25) is 0 Å². The van der Waals surface area contributed by atoms with Gasteiger partial charge in [0.25, 0.3) is 0 Å². The summed E-state index contributed by atoms with van der Waals surface area (Å²) < 4.78 is 23.2. The molecule has 0 aromatic heterocycles. The van der Waals surface area contributed by atoms with Crippen molar-refractivity contribution >= 4 is 15.5 Å². The van der Waals surface area contributed by atoms with E-state index in [1.165, 1.54) is 6.92 Å². The number of nitrogen functional groups attached to an aromatic ring is 1. The molecule has 0 radical (unpaired) electrons. The molecule has 90 valence electrons. The molecule has 0 fully saturated rings. The van der Waals surface area contributed by atoms with E-state index in [1.807, 2.05) is 0 Å². The van der Waals surface area contributed by atoms with E-state index in [9.17, 15) is 13.5 Å². The monoisotopic (exact) mass is 243 g/mol. The van der Waals surface area contributed by atoms with Crippen LogP contribution < -0.4 is 5.73 Å². The minimum atomic E-state index is -3.24. The SMILES string of the molecule is CCS(=O)(=O)[C@H](C)[C@H](O)c1ccc(N)cc1. The summed E-state index contributed by atoms with van der Waals surface area (Å²) in [6.07, 6.45) is -1.01.